The number of aromatic nitrogens is 2. The molecule has 2 amide bonds. The van der Waals surface area contributed by atoms with Crippen molar-refractivity contribution in [3.05, 3.63) is 46.3 Å². The summed E-state index contributed by atoms with van der Waals surface area (Å²) in [6, 6.07) is 5.46. The van der Waals surface area contributed by atoms with E-state index in [-0.39, 0.29) is 11.8 Å². The van der Waals surface area contributed by atoms with Gasteiger partial charge in [0.25, 0.3) is 0 Å². The molecule has 7 heteroatoms. The van der Waals surface area contributed by atoms with Crippen molar-refractivity contribution in [2.75, 3.05) is 16.9 Å². The van der Waals surface area contributed by atoms with Crippen LogP contribution in [0.4, 0.5) is 5.69 Å². The molecule has 6 nitrogen and oxygen atoms in total. The summed E-state index contributed by atoms with van der Waals surface area (Å²) in [5.74, 6) is 1.63. The number of carbonyl (C=O) groups excluding carboxylic acids is 2. The van der Waals surface area contributed by atoms with Gasteiger partial charge in [0.05, 0.1) is 11.6 Å². The molecular weight excluding hydrogens is 408 g/mol. The summed E-state index contributed by atoms with van der Waals surface area (Å²) in [5, 5.41) is 7.64. The number of amides is 2. The summed E-state index contributed by atoms with van der Waals surface area (Å²) in [7, 11) is 0. The molecular formula is C24H34N4O2S. The highest BCUT2D eigenvalue weighted by molar-refractivity contribution is 7.99. The predicted octanol–water partition coefficient (Wildman–Crippen LogP) is 4.25. The van der Waals surface area contributed by atoms with Crippen molar-refractivity contribution < 1.29 is 9.59 Å². The largest absolute Gasteiger partial charge is 0.324 e. The Labute approximate surface area is 189 Å². The van der Waals surface area contributed by atoms with E-state index in [4.69, 9.17) is 0 Å². The highest BCUT2D eigenvalue weighted by Gasteiger charge is 2.34. The van der Waals surface area contributed by atoms with Gasteiger partial charge in [-0.05, 0) is 68.9 Å². The molecule has 0 bridgehead atoms. The summed E-state index contributed by atoms with van der Waals surface area (Å²) < 4.78 is 2.05. The van der Waals surface area contributed by atoms with E-state index in [9.17, 15) is 9.59 Å². The van der Waals surface area contributed by atoms with Crippen LogP contribution >= 0.6 is 11.8 Å². The van der Waals surface area contributed by atoms with E-state index >= 15 is 0 Å². The standard InChI is InChI=1S/C24H34N4O2S/c1-15(2)12-28-19(6)21(18(5)26-28)9-10-23(29)27-14-31-13-22(27)24(30)25-20-8-7-16(3)17(4)11-20/h7-8,11,15,22H,9-10,12-14H2,1-6H3,(H,25,30). The first-order chi connectivity index (χ1) is 14.7. The van der Waals surface area contributed by atoms with Crippen molar-refractivity contribution in [2.24, 2.45) is 5.92 Å². The van der Waals surface area contributed by atoms with E-state index in [1.165, 1.54) is 5.56 Å². The van der Waals surface area contributed by atoms with Crippen molar-refractivity contribution >= 4 is 29.3 Å². The third kappa shape index (κ3) is 5.50. The molecule has 0 saturated carbocycles. The van der Waals surface area contributed by atoms with Crippen LogP contribution in [0.15, 0.2) is 18.2 Å². The van der Waals surface area contributed by atoms with E-state index in [0.717, 1.165) is 34.7 Å². The van der Waals surface area contributed by atoms with Gasteiger partial charge in [-0.25, -0.2) is 0 Å². The number of hydrogen-bond donors (Lipinski definition) is 1. The summed E-state index contributed by atoms with van der Waals surface area (Å²) >= 11 is 1.63. The number of nitrogens with one attached hydrogen (secondary N) is 1. The summed E-state index contributed by atoms with van der Waals surface area (Å²) in [5.41, 5.74) is 6.38. The van der Waals surface area contributed by atoms with Crippen molar-refractivity contribution in [1.29, 1.82) is 0 Å². The number of benzene rings is 1. The Hall–Kier alpha value is -2.28. The van der Waals surface area contributed by atoms with Gasteiger partial charge >= 0.3 is 0 Å². The zero-order valence-corrected chi connectivity index (χ0v) is 20.3. The third-order valence-electron chi connectivity index (χ3n) is 5.94. The van der Waals surface area contributed by atoms with Crippen LogP contribution in [0.25, 0.3) is 0 Å². The summed E-state index contributed by atoms with van der Waals surface area (Å²) in [6.45, 7) is 13.4. The number of hydrogen-bond acceptors (Lipinski definition) is 4. The monoisotopic (exact) mass is 442 g/mol. The van der Waals surface area contributed by atoms with Crippen LogP contribution < -0.4 is 5.32 Å². The lowest BCUT2D eigenvalue weighted by atomic mass is 10.1. The van der Waals surface area contributed by atoms with Crippen molar-refractivity contribution in [3.8, 4) is 0 Å². The molecule has 168 valence electrons. The van der Waals surface area contributed by atoms with Crippen LogP contribution in [0.5, 0.6) is 0 Å². The average molecular weight is 443 g/mol. The minimum absolute atomic E-state index is 0.0284. The van der Waals surface area contributed by atoms with E-state index < -0.39 is 6.04 Å². The predicted molar refractivity (Wildman–Crippen MR) is 127 cm³/mol. The topological polar surface area (TPSA) is 67.2 Å². The zero-order valence-electron chi connectivity index (χ0n) is 19.5. The normalized spacial score (nSPS) is 16.2. The molecule has 1 saturated heterocycles. The Morgan fingerprint density at radius 3 is 2.61 bits per heavy atom. The fraction of sp³-hybridized carbons (Fsp3) is 0.542. The molecule has 0 radical (unpaired) electrons. The second-order valence-corrected chi connectivity index (χ2v) is 9.89. The quantitative estimate of drug-likeness (QED) is 0.696. The Morgan fingerprint density at radius 1 is 1.19 bits per heavy atom. The maximum atomic E-state index is 13.0. The van der Waals surface area contributed by atoms with Gasteiger partial charge in [-0.2, -0.15) is 5.10 Å². The zero-order chi connectivity index (χ0) is 22.7. The first-order valence-electron chi connectivity index (χ1n) is 11.0. The molecule has 31 heavy (non-hydrogen) atoms. The SMILES string of the molecule is Cc1ccc(NC(=O)C2CSCN2C(=O)CCc2c(C)nn(CC(C)C)c2C)cc1C. The molecule has 0 aliphatic carbocycles. The van der Waals surface area contributed by atoms with Gasteiger partial charge in [-0.3, -0.25) is 14.3 Å². The fourth-order valence-electron chi connectivity index (χ4n) is 3.95. The van der Waals surface area contributed by atoms with Gasteiger partial charge in [0.15, 0.2) is 0 Å². The molecule has 2 heterocycles. The molecule has 2 aromatic rings. The minimum atomic E-state index is -0.426. The summed E-state index contributed by atoms with van der Waals surface area (Å²) in [4.78, 5) is 27.6. The Balaban J connectivity index is 1.63. The lowest BCUT2D eigenvalue weighted by molar-refractivity contribution is -0.136. The lowest BCUT2D eigenvalue weighted by Crippen LogP contribution is -2.44. The molecule has 1 unspecified atom stereocenters. The van der Waals surface area contributed by atoms with Gasteiger partial charge in [0.1, 0.15) is 6.04 Å². The number of nitrogens with zero attached hydrogens (tertiary/aromatic N) is 3. The molecule has 1 N–H and O–H groups in total. The molecule has 0 spiro atoms. The second-order valence-electron chi connectivity index (χ2n) is 8.89. The van der Waals surface area contributed by atoms with Crippen molar-refractivity contribution in [3.63, 3.8) is 0 Å². The smallest absolute Gasteiger partial charge is 0.248 e. The first-order valence-corrected chi connectivity index (χ1v) is 12.1. The Morgan fingerprint density at radius 2 is 1.94 bits per heavy atom. The van der Waals surface area contributed by atoms with Gasteiger partial charge in [0.2, 0.25) is 11.8 Å². The second kappa shape index (κ2) is 9.90. The van der Waals surface area contributed by atoms with Crippen LogP contribution in [0.1, 0.15) is 48.3 Å². The van der Waals surface area contributed by atoms with Crippen LogP contribution in [0, 0.1) is 33.6 Å². The summed E-state index contributed by atoms with van der Waals surface area (Å²) in [6.07, 6.45) is 1.05. The van der Waals surface area contributed by atoms with E-state index in [0.29, 0.717) is 30.4 Å². The first kappa shape index (κ1) is 23.4. The molecule has 1 aromatic carbocycles. The Kier molecular flexibility index (Phi) is 7.46. The highest BCUT2D eigenvalue weighted by atomic mass is 32.2. The number of thioether (sulfide) groups is 1. The minimum Gasteiger partial charge on any atom is -0.324 e. The van der Waals surface area contributed by atoms with E-state index in [2.05, 4.69) is 31.2 Å². The number of anilines is 1. The van der Waals surface area contributed by atoms with Crippen LogP contribution in [-0.4, -0.2) is 44.2 Å². The Bertz CT molecular complexity index is 967. The lowest BCUT2D eigenvalue weighted by Gasteiger charge is -2.23. The number of aryl methyl sites for hydroxylation is 3. The maximum Gasteiger partial charge on any atom is 0.248 e. The van der Waals surface area contributed by atoms with Gasteiger partial charge in [0, 0.05) is 30.1 Å². The van der Waals surface area contributed by atoms with Crippen molar-refractivity contribution in [2.45, 2.75) is 67.0 Å². The molecule has 1 aromatic heterocycles. The number of rotatable bonds is 7. The highest BCUT2D eigenvalue weighted by Crippen LogP contribution is 2.25. The molecule has 1 aliphatic rings. The van der Waals surface area contributed by atoms with E-state index in [1.54, 1.807) is 16.7 Å². The van der Waals surface area contributed by atoms with Crippen molar-refractivity contribution in [1.82, 2.24) is 14.7 Å². The van der Waals surface area contributed by atoms with Crippen LogP contribution in [0.3, 0.4) is 0 Å². The maximum absolute atomic E-state index is 13.0. The average Bonchev–Trinajstić information content (AvgIpc) is 3.28. The fourth-order valence-corrected chi connectivity index (χ4v) is 5.13. The van der Waals surface area contributed by atoms with Crippen LogP contribution in [0.2, 0.25) is 0 Å². The number of carbonyl (C=O) groups is 2. The van der Waals surface area contributed by atoms with Gasteiger partial charge < -0.3 is 10.2 Å². The molecule has 1 atom stereocenters. The van der Waals surface area contributed by atoms with E-state index in [1.807, 2.05) is 43.7 Å². The molecule has 1 aliphatic heterocycles. The third-order valence-corrected chi connectivity index (χ3v) is 6.95. The molecule has 3 rings (SSSR count). The van der Waals surface area contributed by atoms with Gasteiger partial charge in [-0.1, -0.05) is 19.9 Å². The van der Waals surface area contributed by atoms with Gasteiger partial charge in [-0.15, -0.1) is 11.8 Å². The molecule has 1 fully saturated rings. The van der Waals surface area contributed by atoms with Crippen LogP contribution in [-0.2, 0) is 22.6 Å².